The van der Waals surface area contributed by atoms with Crippen molar-refractivity contribution in [3.8, 4) is 0 Å². The summed E-state index contributed by atoms with van der Waals surface area (Å²) in [4.78, 5) is 9.83. The molecule has 0 bridgehead atoms. The summed E-state index contributed by atoms with van der Waals surface area (Å²) in [5.74, 6) is -0.121. The largest absolute Gasteiger partial charge is 0.366 e. The van der Waals surface area contributed by atoms with Gasteiger partial charge in [0.2, 0.25) is 5.91 Å². The molecular formula is C4H6ClNO. The second-order valence-corrected chi connectivity index (χ2v) is 1.27. The number of allylic oxidation sites excluding steroid dienone is 1. The van der Waals surface area contributed by atoms with Crippen LogP contribution in [0.3, 0.4) is 0 Å². The van der Waals surface area contributed by atoms with Crippen molar-refractivity contribution in [3.05, 3.63) is 12.2 Å². The summed E-state index contributed by atoms with van der Waals surface area (Å²) in [5, 5.41) is 0. The lowest BCUT2D eigenvalue weighted by Crippen LogP contribution is -2.05. The Morgan fingerprint density at radius 2 is 2.43 bits per heavy atom. The van der Waals surface area contributed by atoms with Crippen LogP contribution in [0.25, 0.3) is 0 Å². The highest BCUT2D eigenvalue weighted by Gasteiger charge is 1.76. The SMILES string of the molecule is NC(=O)/C=C/CCl. The van der Waals surface area contributed by atoms with Gasteiger partial charge in [0.25, 0.3) is 0 Å². The maximum absolute atomic E-state index is 9.83. The maximum atomic E-state index is 9.83. The number of carbonyl (C=O) groups is 1. The fourth-order valence-electron chi connectivity index (χ4n) is 0.161. The van der Waals surface area contributed by atoms with Gasteiger partial charge in [-0.3, -0.25) is 4.79 Å². The molecule has 2 N–H and O–H groups in total. The van der Waals surface area contributed by atoms with E-state index in [1.807, 2.05) is 0 Å². The summed E-state index contributed by atoms with van der Waals surface area (Å²) < 4.78 is 0. The third-order valence-electron chi connectivity index (χ3n) is 0.371. The number of halogens is 1. The van der Waals surface area contributed by atoms with Crippen LogP contribution >= 0.6 is 11.6 Å². The van der Waals surface area contributed by atoms with Crippen LogP contribution in [0.4, 0.5) is 0 Å². The minimum absolute atomic E-state index is 0.336. The van der Waals surface area contributed by atoms with Crippen LogP contribution in [-0.4, -0.2) is 11.8 Å². The molecule has 0 radical (unpaired) electrons. The lowest BCUT2D eigenvalue weighted by Gasteiger charge is -1.73. The Hall–Kier alpha value is -0.500. The van der Waals surface area contributed by atoms with Crippen LogP contribution in [-0.2, 0) is 4.79 Å². The fraction of sp³-hybridized carbons (Fsp3) is 0.250. The molecule has 1 amide bonds. The highest BCUT2D eigenvalue weighted by atomic mass is 35.5. The normalized spacial score (nSPS) is 9.86. The minimum atomic E-state index is -0.458. The van der Waals surface area contributed by atoms with Crippen molar-refractivity contribution < 1.29 is 4.79 Å². The molecule has 0 aliphatic heterocycles. The Bertz CT molecular complexity index is 89.7. The summed E-state index contributed by atoms with van der Waals surface area (Å²) in [7, 11) is 0. The van der Waals surface area contributed by atoms with Crippen LogP contribution in [0.5, 0.6) is 0 Å². The van der Waals surface area contributed by atoms with Crippen molar-refractivity contribution >= 4 is 17.5 Å². The van der Waals surface area contributed by atoms with E-state index in [1.54, 1.807) is 0 Å². The standard InChI is InChI=1S/C4H6ClNO/c5-3-1-2-4(6)7/h1-2H,3H2,(H2,6,7)/b2-1+. The number of alkyl halides is 1. The van der Waals surface area contributed by atoms with Crippen LogP contribution in [0.15, 0.2) is 12.2 Å². The number of rotatable bonds is 2. The van der Waals surface area contributed by atoms with Crippen molar-refractivity contribution in [1.82, 2.24) is 0 Å². The number of hydrogen-bond donors (Lipinski definition) is 1. The first-order valence-electron chi connectivity index (χ1n) is 1.79. The van der Waals surface area contributed by atoms with Gasteiger partial charge in [0, 0.05) is 5.88 Å². The Morgan fingerprint density at radius 1 is 1.86 bits per heavy atom. The maximum Gasteiger partial charge on any atom is 0.241 e. The average Bonchev–Trinajstić information content (AvgIpc) is 1.61. The smallest absolute Gasteiger partial charge is 0.241 e. The lowest BCUT2D eigenvalue weighted by molar-refractivity contribution is -0.113. The number of primary amides is 1. The molecule has 2 nitrogen and oxygen atoms in total. The lowest BCUT2D eigenvalue weighted by atomic mass is 10.5. The summed E-state index contributed by atoms with van der Waals surface area (Å²) >= 11 is 5.15. The molecule has 0 aromatic rings. The predicted octanol–water partition coefficient (Wildman–Crippen LogP) is 0.267. The second kappa shape index (κ2) is 3.68. The van der Waals surface area contributed by atoms with E-state index in [0.29, 0.717) is 5.88 Å². The third-order valence-corrected chi connectivity index (χ3v) is 0.549. The van der Waals surface area contributed by atoms with E-state index in [9.17, 15) is 4.79 Å². The summed E-state index contributed by atoms with van der Waals surface area (Å²) in [6.07, 6.45) is 2.72. The van der Waals surface area contributed by atoms with E-state index in [2.05, 4.69) is 0 Å². The summed E-state index contributed by atoms with van der Waals surface area (Å²) in [5.41, 5.74) is 4.69. The molecule has 0 aliphatic carbocycles. The Balaban J connectivity index is 3.26. The zero-order valence-electron chi connectivity index (χ0n) is 3.73. The molecule has 7 heavy (non-hydrogen) atoms. The molecular weight excluding hydrogens is 114 g/mol. The molecule has 0 heterocycles. The number of hydrogen-bond acceptors (Lipinski definition) is 1. The topological polar surface area (TPSA) is 43.1 Å². The van der Waals surface area contributed by atoms with Gasteiger partial charge in [-0.05, 0) is 6.08 Å². The molecule has 0 saturated heterocycles. The molecule has 0 aromatic heterocycles. The van der Waals surface area contributed by atoms with Crippen LogP contribution < -0.4 is 5.73 Å². The first kappa shape index (κ1) is 6.50. The van der Waals surface area contributed by atoms with Crippen LogP contribution in [0.2, 0.25) is 0 Å². The zero-order valence-corrected chi connectivity index (χ0v) is 4.48. The van der Waals surface area contributed by atoms with E-state index < -0.39 is 5.91 Å². The molecule has 0 rings (SSSR count). The molecule has 0 fully saturated rings. The minimum Gasteiger partial charge on any atom is -0.366 e. The van der Waals surface area contributed by atoms with E-state index in [4.69, 9.17) is 17.3 Å². The zero-order chi connectivity index (χ0) is 5.70. The van der Waals surface area contributed by atoms with E-state index >= 15 is 0 Å². The quantitative estimate of drug-likeness (QED) is 0.412. The second-order valence-electron chi connectivity index (χ2n) is 0.959. The van der Waals surface area contributed by atoms with Gasteiger partial charge in [0.1, 0.15) is 0 Å². The first-order valence-corrected chi connectivity index (χ1v) is 2.32. The first-order chi connectivity index (χ1) is 3.27. The summed E-state index contributed by atoms with van der Waals surface area (Å²) in [6.45, 7) is 0. The Labute approximate surface area is 46.9 Å². The van der Waals surface area contributed by atoms with Crippen molar-refractivity contribution in [2.45, 2.75) is 0 Å². The fourth-order valence-corrected chi connectivity index (χ4v) is 0.250. The van der Waals surface area contributed by atoms with Crippen LogP contribution in [0, 0.1) is 0 Å². The number of nitrogens with two attached hydrogens (primary N) is 1. The van der Waals surface area contributed by atoms with Crippen molar-refractivity contribution in [2.75, 3.05) is 5.88 Å². The van der Waals surface area contributed by atoms with Gasteiger partial charge in [-0.2, -0.15) is 0 Å². The van der Waals surface area contributed by atoms with Gasteiger partial charge in [-0.25, -0.2) is 0 Å². The highest BCUT2D eigenvalue weighted by Crippen LogP contribution is 1.74. The van der Waals surface area contributed by atoms with Crippen molar-refractivity contribution in [3.63, 3.8) is 0 Å². The molecule has 0 aromatic carbocycles. The van der Waals surface area contributed by atoms with Crippen LogP contribution in [0.1, 0.15) is 0 Å². The van der Waals surface area contributed by atoms with Gasteiger partial charge < -0.3 is 5.73 Å². The third kappa shape index (κ3) is 5.50. The van der Waals surface area contributed by atoms with Gasteiger partial charge in [0.15, 0.2) is 0 Å². The van der Waals surface area contributed by atoms with E-state index in [-0.39, 0.29) is 0 Å². The molecule has 3 heteroatoms. The van der Waals surface area contributed by atoms with Gasteiger partial charge >= 0.3 is 0 Å². The highest BCUT2D eigenvalue weighted by molar-refractivity contribution is 6.19. The molecule has 0 atom stereocenters. The molecule has 0 unspecified atom stereocenters. The van der Waals surface area contributed by atoms with Gasteiger partial charge in [-0.15, -0.1) is 11.6 Å². The number of amides is 1. The monoisotopic (exact) mass is 119 g/mol. The Kier molecular flexibility index (Phi) is 3.42. The molecule has 0 aliphatic rings. The van der Waals surface area contributed by atoms with E-state index in [1.165, 1.54) is 12.2 Å². The predicted molar refractivity (Wildman–Crippen MR) is 29.1 cm³/mol. The number of carbonyl (C=O) groups excluding carboxylic acids is 1. The Morgan fingerprint density at radius 3 is 2.57 bits per heavy atom. The van der Waals surface area contributed by atoms with Gasteiger partial charge in [-0.1, -0.05) is 6.08 Å². The van der Waals surface area contributed by atoms with E-state index in [0.717, 1.165) is 0 Å². The van der Waals surface area contributed by atoms with Crippen molar-refractivity contribution in [2.24, 2.45) is 5.73 Å². The molecule has 40 valence electrons. The molecule has 0 spiro atoms. The van der Waals surface area contributed by atoms with Crippen molar-refractivity contribution in [1.29, 1.82) is 0 Å². The summed E-state index contributed by atoms with van der Waals surface area (Å²) in [6, 6.07) is 0. The molecule has 0 saturated carbocycles. The average molecular weight is 120 g/mol. The van der Waals surface area contributed by atoms with Gasteiger partial charge in [0.05, 0.1) is 0 Å².